The van der Waals surface area contributed by atoms with E-state index in [9.17, 15) is 0 Å². The minimum absolute atomic E-state index is 0.197. The largest absolute Gasteiger partial charge is 0.256 e. The smallest absolute Gasteiger partial charge is 0.0704 e. The molecule has 18 heavy (non-hydrogen) atoms. The molecule has 0 fully saturated rings. The zero-order valence-corrected chi connectivity index (χ0v) is 11.5. The predicted octanol–water partition coefficient (Wildman–Crippen LogP) is 4.83. The summed E-state index contributed by atoms with van der Waals surface area (Å²) >= 11 is 0. The van der Waals surface area contributed by atoms with Gasteiger partial charge in [-0.25, -0.2) is 0 Å². The van der Waals surface area contributed by atoms with Gasteiger partial charge in [-0.1, -0.05) is 57.5 Å². The Kier molecular flexibility index (Phi) is 3.81. The fourth-order valence-corrected chi connectivity index (χ4v) is 2.58. The number of nitrogens with zero attached hydrogens (tertiary/aromatic N) is 1. The maximum atomic E-state index is 4.48. The van der Waals surface area contributed by atoms with Crippen LogP contribution in [0.3, 0.4) is 0 Å². The van der Waals surface area contributed by atoms with Gasteiger partial charge in [-0.05, 0) is 29.5 Å². The molecule has 0 amide bonds. The Morgan fingerprint density at radius 1 is 1.00 bits per heavy atom. The summed E-state index contributed by atoms with van der Waals surface area (Å²) in [5.74, 6) is 0. The summed E-state index contributed by atoms with van der Waals surface area (Å²) < 4.78 is 0. The fourth-order valence-electron chi connectivity index (χ4n) is 2.58. The molecule has 2 rings (SSSR count). The fraction of sp³-hybridized carbons (Fsp3) is 0.353. The van der Waals surface area contributed by atoms with Crippen molar-refractivity contribution in [3.63, 3.8) is 0 Å². The van der Waals surface area contributed by atoms with Crippen LogP contribution in [0, 0.1) is 0 Å². The van der Waals surface area contributed by atoms with Crippen LogP contribution in [0.5, 0.6) is 0 Å². The number of aromatic nitrogens is 1. The summed E-state index contributed by atoms with van der Waals surface area (Å²) in [6, 6.07) is 14.7. The molecule has 0 saturated heterocycles. The maximum absolute atomic E-state index is 4.48. The van der Waals surface area contributed by atoms with E-state index in [1.165, 1.54) is 24.0 Å². The molecule has 94 valence electrons. The van der Waals surface area contributed by atoms with Gasteiger partial charge in [0.2, 0.25) is 0 Å². The topological polar surface area (TPSA) is 12.9 Å². The van der Waals surface area contributed by atoms with E-state index in [4.69, 9.17) is 0 Å². The summed E-state index contributed by atoms with van der Waals surface area (Å²) in [5.41, 5.74) is 3.92. The summed E-state index contributed by atoms with van der Waals surface area (Å²) in [6.45, 7) is 6.88. The van der Waals surface area contributed by atoms with Gasteiger partial charge in [0, 0.05) is 11.8 Å². The summed E-state index contributed by atoms with van der Waals surface area (Å²) in [6.07, 6.45) is 4.25. The van der Waals surface area contributed by atoms with Crippen LogP contribution < -0.4 is 0 Å². The van der Waals surface area contributed by atoms with Crippen molar-refractivity contribution >= 4 is 0 Å². The average molecular weight is 239 g/mol. The molecule has 0 saturated carbocycles. The first-order valence-corrected chi connectivity index (χ1v) is 6.66. The lowest BCUT2D eigenvalue weighted by Crippen LogP contribution is -2.17. The van der Waals surface area contributed by atoms with Gasteiger partial charge in [0.25, 0.3) is 0 Å². The van der Waals surface area contributed by atoms with Crippen LogP contribution in [-0.2, 0) is 5.41 Å². The summed E-state index contributed by atoms with van der Waals surface area (Å²) in [4.78, 5) is 4.48. The molecule has 0 bridgehead atoms. The van der Waals surface area contributed by atoms with Crippen LogP contribution in [0.2, 0.25) is 0 Å². The van der Waals surface area contributed by atoms with E-state index in [2.05, 4.69) is 56.1 Å². The van der Waals surface area contributed by atoms with Gasteiger partial charge < -0.3 is 0 Å². The number of rotatable bonds is 4. The standard InChI is InChI=1S/C17H21N/c1-4-12-17(2,3)15-10-6-5-9-14(15)16-11-7-8-13-18-16/h5-11,13H,4,12H2,1-3H3. The molecule has 0 aliphatic carbocycles. The molecule has 0 radical (unpaired) electrons. The molecule has 1 aromatic heterocycles. The van der Waals surface area contributed by atoms with E-state index in [1.54, 1.807) is 0 Å². The molecule has 0 aliphatic heterocycles. The van der Waals surface area contributed by atoms with Gasteiger partial charge in [0.15, 0.2) is 0 Å². The van der Waals surface area contributed by atoms with Crippen molar-refractivity contribution in [1.82, 2.24) is 4.98 Å². The van der Waals surface area contributed by atoms with Crippen molar-refractivity contribution in [2.75, 3.05) is 0 Å². The summed E-state index contributed by atoms with van der Waals surface area (Å²) in [7, 11) is 0. The number of pyridine rings is 1. The monoisotopic (exact) mass is 239 g/mol. The number of benzene rings is 1. The summed E-state index contributed by atoms with van der Waals surface area (Å²) in [5, 5.41) is 0. The van der Waals surface area contributed by atoms with Crippen molar-refractivity contribution < 1.29 is 0 Å². The van der Waals surface area contributed by atoms with Gasteiger partial charge in [-0.3, -0.25) is 4.98 Å². The van der Waals surface area contributed by atoms with Crippen molar-refractivity contribution in [2.45, 2.75) is 39.0 Å². The molecule has 0 aliphatic rings. The van der Waals surface area contributed by atoms with E-state index in [-0.39, 0.29) is 5.41 Å². The molecule has 1 nitrogen and oxygen atoms in total. The highest BCUT2D eigenvalue weighted by Gasteiger charge is 2.22. The van der Waals surface area contributed by atoms with E-state index in [0.29, 0.717) is 0 Å². The molecule has 0 atom stereocenters. The van der Waals surface area contributed by atoms with E-state index in [1.807, 2.05) is 18.3 Å². The van der Waals surface area contributed by atoms with Crippen molar-refractivity contribution in [1.29, 1.82) is 0 Å². The van der Waals surface area contributed by atoms with Gasteiger partial charge in [0.1, 0.15) is 0 Å². The average Bonchev–Trinajstić information content (AvgIpc) is 2.40. The number of hydrogen-bond donors (Lipinski definition) is 0. The SMILES string of the molecule is CCCC(C)(C)c1ccccc1-c1ccccn1. The Bertz CT molecular complexity index is 500. The molecule has 1 aromatic carbocycles. The third-order valence-electron chi connectivity index (χ3n) is 3.47. The predicted molar refractivity (Wildman–Crippen MR) is 77.6 cm³/mol. The van der Waals surface area contributed by atoms with E-state index < -0.39 is 0 Å². The highest BCUT2D eigenvalue weighted by Crippen LogP contribution is 2.35. The quantitative estimate of drug-likeness (QED) is 0.745. The highest BCUT2D eigenvalue weighted by atomic mass is 14.7. The van der Waals surface area contributed by atoms with Crippen LogP contribution in [0.1, 0.15) is 39.2 Å². The maximum Gasteiger partial charge on any atom is 0.0704 e. The van der Waals surface area contributed by atoms with Crippen LogP contribution >= 0.6 is 0 Å². The first kappa shape index (κ1) is 12.8. The normalized spacial score (nSPS) is 11.5. The Labute approximate surface area is 110 Å². The van der Waals surface area contributed by atoms with Crippen LogP contribution in [0.15, 0.2) is 48.7 Å². The second-order valence-electron chi connectivity index (χ2n) is 5.39. The Balaban J connectivity index is 2.50. The van der Waals surface area contributed by atoms with E-state index >= 15 is 0 Å². The minimum Gasteiger partial charge on any atom is -0.256 e. The minimum atomic E-state index is 0.197. The molecular formula is C17H21N. The van der Waals surface area contributed by atoms with Crippen LogP contribution in [0.25, 0.3) is 11.3 Å². The van der Waals surface area contributed by atoms with E-state index in [0.717, 1.165) is 5.69 Å². The third kappa shape index (κ3) is 2.61. The molecular weight excluding hydrogens is 218 g/mol. The number of hydrogen-bond acceptors (Lipinski definition) is 1. The molecule has 0 spiro atoms. The zero-order chi connectivity index (χ0) is 13.0. The first-order chi connectivity index (χ1) is 8.65. The third-order valence-corrected chi connectivity index (χ3v) is 3.47. The Hall–Kier alpha value is -1.63. The highest BCUT2D eigenvalue weighted by molar-refractivity contribution is 5.65. The molecule has 2 aromatic rings. The van der Waals surface area contributed by atoms with Gasteiger partial charge in [-0.2, -0.15) is 0 Å². The lowest BCUT2D eigenvalue weighted by atomic mass is 9.78. The molecule has 0 N–H and O–H groups in total. The lowest BCUT2D eigenvalue weighted by molar-refractivity contribution is 0.474. The van der Waals surface area contributed by atoms with Crippen molar-refractivity contribution in [3.8, 4) is 11.3 Å². The molecule has 1 heteroatoms. The second-order valence-corrected chi connectivity index (χ2v) is 5.39. The first-order valence-electron chi connectivity index (χ1n) is 6.66. The second kappa shape index (κ2) is 5.34. The van der Waals surface area contributed by atoms with Crippen LogP contribution in [0.4, 0.5) is 0 Å². The molecule has 0 unspecified atom stereocenters. The Morgan fingerprint density at radius 3 is 2.39 bits per heavy atom. The zero-order valence-electron chi connectivity index (χ0n) is 11.5. The Morgan fingerprint density at radius 2 is 1.72 bits per heavy atom. The van der Waals surface area contributed by atoms with Gasteiger partial charge in [0.05, 0.1) is 5.69 Å². The van der Waals surface area contributed by atoms with Gasteiger partial charge >= 0.3 is 0 Å². The van der Waals surface area contributed by atoms with Crippen molar-refractivity contribution in [3.05, 3.63) is 54.2 Å². The molecule has 1 heterocycles. The lowest BCUT2D eigenvalue weighted by Gasteiger charge is -2.27. The van der Waals surface area contributed by atoms with Crippen molar-refractivity contribution in [2.24, 2.45) is 0 Å². The van der Waals surface area contributed by atoms with Crippen LogP contribution in [-0.4, -0.2) is 4.98 Å². The van der Waals surface area contributed by atoms with Gasteiger partial charge in [-0.15, -0.1) is 0 Å².